The van der Waals surface area contributed by atoms with Crippen LogP contribution in [0.25, 0.3) is 0 Å². The summed E-state index contributed by atoms with van der Waals surface area (Å²) in [7, 11) is 0. The number of hydrogen-bond donors (Lipinski definition) is 0. The smallest absolute Gasteiger partial charge is 0.227 e. The molecule has 0 aliphatic heterocycles. The Bertz CT molecular complexity index is 831. The molecule has 0 amide bonds. The van der Waals surface area contributed by atoms with Crippen molar-refractivity contribution in [3.05, 3.63) is 99.8 Å². The van der Waals surface area contributed by atoms with Gasteiger partial charge in [-0.1, -0.05) is 35.3 Å². The largest absolute Gasteiger partial charge is 1.00 e. The van der Waals surface area contributed by atoms with Crippen LogP contribution in [0.15, 0.2) is 73.1 Å². The van der Waals surface area contributed by atoms with Crippen LogP contribution >= 0.6 is 23.2 Å². The summed E-state index contributed by atoms with van der Waals surface area (Å²) in [6.07, 6.45) is 4.70. The quantitative estimate of drug-likeness (QED) is 0.441. The Hall–Kier alpha value is -1.68. The molecule has 5 heteroatoms. The fourth-order valence-corrected chi connectivity index (χ4v) is 2.69. The van der Waals surface area contributed by atoms with Gasteiger partial charge in [-0.15, -0.1) is 0 Å². The van der Waals surface area contributed by atoms with Gasteiger partial charge in [-0.3, -0.25) is 4.79 Å². The molecule has 128 valence electrons. The molecule has 25 heavy (non-hydrogen) atoms. The predicted molar refractivity (Wildman–Crippen MR) is 96.7 cm³/mol. The minimum absolute atomic E-state index is 0. The van der Waals surface area contributed by atoms with Crippen LogP contribution < -0.4 is 21.5 Å². The standard InChI is InChI=1S/C20H16Cl2NO.BrH/c21-18-5-1-15(2-6-18)13-16-9-11-23(12-10-16)14-20(24)17-3-7-19(22)8-4-17;/h1-12H,13-14H2;1H/q+1;/p-1. The molecule has 0 unspecified atom stereocenters. The molecule has 0 bridgehead atoms. The van der Waals surface area contributed by atoms with Gasteiger partial charge >= 0.3 is 0 Å². The summed E-state index contributed by atoms with van der Waals surface area (Å²) in [6, 6.07) is 18.9. The summed E-state index contributed by atoms with van der Waals surface area (Å²) in [6.45, 7) is 0.308. The molecule has 0 fully saturated rings. The van der Waals surface area contributed by atoms with Crippen molar-refractivity contribution in [3.63, 3.8) is 0 Å². The van der Waals surface area contributed by atoms with E-state index < -0.39 is 0 Å². The molecule has 2 nitrogen and oxygen atoms in total. The number of pyridine rings is 1. The first-order valence-electron chi connectivity index (χ1n) is 7.61. The normalized spacial score (nSPS) is 10.2. The highest BCUT2D eigenvalue weighted by molar-refractivity contribution is 6.30. The lowest BCUT2D eigenvalue weighted by Crippen LogP contribution is -3.00. The second-order valence-electron chi connectivity index (χ2n) is 5.61. The van der Waals surface area contributed by atoms with Gasteiger partial charge < -0.3 is 17.0 Å². The van der Waals surface area contributed by atoms with Gasteiger partial charge in [0.1, 0.15) is 0 Å². The van der Waals surface area contributed by atoms with Crippen LogP contribution in [0.1, 0.15) is 21.5 Å². The molecule has 0 radical (unpaired) electrons. The van der Waals surface area contributed by atoms with Crippen molar-refractivity contribution in [3.8, 4) is 0 Å². The maximum atomic E-state index is 12.3. The molecule has 0 N–H and O–H groups in total. The first-order chi connectivity index (χ1) is 11.6. The zero-order valence-corrected chi connectivity index (χ0v) is 16.4. The molecule has 0 saturated carbocycles. The second kappa shape index (κ2) is 9.14. The summed E-state index contributed by atoms with van der Waals surface area (Å²) < 4.78 is 1.88. The van der Waals surface area contributed by atoms with Crippen LogP contribution in [0, 0.1) is 0 Å². The van der Waals surface area contributed by atoms with Crippen LogP contribution in [-0.4, -0.2) is 5.78 Å². The Morgan fingerprint density at radius 3 is 1.80 bits per heavy atom. The summed E-state index contributed by atoms with van der Waals surface area (Å²) in [5, 5.41) is 1.37. The minimum atomic E-state index is 0. The number of rotatable bonds is 5. The number of nitrogens with zero attached hydrogens (tertiary/aromatic N) is 1. The van der Waals surface area contributed by atoms with Crippen LogP contribution in [0.3, 0.4) is 0 Å². The van der Waals surface area contributed by atoms with E-state index in [9.17, 15) is 4.79 Å². The Labute approximate surface area is 167 Å². The van der Waals surface area contributed by atoms with Crippen molar-refractivity contribution in [2.45, 2.75) is 13.0 Å². The molecule has 3 rings (SSSR count). The number of Topliss-reactive ketones (excluding diaryl/α,β-unsaturated/α-hetero) is 1. The third kappa shape index (κ3) is 5.67. The highest BCUT2D eigenvalue weighted by Crippen LogP contribution is 2.13. The third-order valence-corrected chi connectivity index (χ3v) is 4.28. The first-order valence-corrected chi connectivity index (χ1v) is 8.37. The van der Waals surface area contributed by atoms with Crippen molar-refractivity contribution in [1.82, 2.24) is 0 Å². The lowest BCUT2D eigenvalue weighted by molar-refractivity contribution is -0.683. The summed E-state index contributed by atoms with van der Waals surface area (Å²) in [5.74, 6) is 0.0575. The Morgan fingerprint density at radius 1 is 0.760 bits per heavy atom. The topological polar surface area (TPSA) is 20.9 Å². The van der Waals surface area contributed by atoms with Crippen molar-refractivity contribution in [1.29, 1.82) is 0 Å². The average molecular weight is 437 g/mol. The molecule has 0 aliphatic rings. The molecule has 0 atom stereocenters. The molecule has 0 saturated heterocycles. The van der Waals surface area contributed by atoms with E-state index in [1.807, 2.05) is 53.4 Å². The highest BCUT2D eigenvalue weighted by Gasteiger charge is 2.12. The van der Waals surface area contributed by atoms with E-state index in [0.717, 1.165) is 11.4 Å². The molecule has 3 aromatic rings. The van der Waals surface area contributed by atoms with E-state index in [-0.39, 0.29) is 22.8 Å². The van der Waals surface area contributed by atoms with E-state index in [2.05, 4.69) is 0 Å². The van der Waals surface area contributed by atoms with Gasteiger partial charge in [0.2, 0.25) is 12.3 Å². The Balaban J connectivity index is 0.00000225. The first kappa shape index (κ1) is 19.6. The third-order valence-electron chi connectivity index (χ3n) is 3.77. The van der Waals surface area contributed by atoms with E-state index in [4.69, 9.17) is 23.2 Å². The number of carbonyl (C=O) groups excluding carboxylic acids is 1. The molecule has 1 aromatic heterocycles. The number of aromatic nitrogens is 1. The van der Waals surface area contributed by atoms with Crippen molar-refractivity contribution < 1.29 is 26.3 Å². The van der Waals surface area contributed by atoms with E-state index in [1.165, 1.54) is 11.1 Å². The fraction of sp³-hybridized carbons (Fsp3) is 0.100. The number of carbonyl (C=O) groups is 1. The summed E-state index contributed by atoms with van der Waals surface area (Å²) >= 11 is 11.7. The van der Waals surface area contributed by atoms with E-state index >= 15 is 0 Å². The van der Waals surface area contributed by atoms with Gasteiger partial charge in [0.25, 0.3) is 0 Å². The lowest BCUT2D eigenvalue weighted by atomic mass is 10.1. The Morgan fingerprint density at radius 2 is 1.24 bits per heavy atom. The number of hydrogen-bond acceptors (Lipinski definition) is 1. The number of benzene rings is 2. The molecule has 0 aliphatic carbocycles. The summed E-state index contributed by atoms with van der Waals surface area (Å²) in [4.78, 5) is 12.3. The molecular weight excluding hydrogens is 421 g/mol. The minimum Gasteiger partial charge on any atom is -1.00 e. The number of halogens is 3. The highest BCUT2D eigenvalue weighted by atomic mass is 79.9. The maximum absolute atomic E-state index is 12.3. The lowest BCUT2D eigenvalue weighted by Gasteiger charge is -2.02. The SMILES string of the molecule is O=C(C[n+]1ccc(Cc2ccc(Cl)cc2)cc1)c1ccc(Cl)cc1.[Br-]. The predicted octanol–water partition coefficient (Wildman–Crippen LogP) is 1.76. The average Bonchev–Trinajstić information content (AvgIpc) is 2.59. The van der Waals surface area contributed by atoms with Gasteiger partial charge in [0, 0.05) is 27.7 Å². The van der Waals surface area contributed by atoms with E-state index in [1.54, 1.807) is 24.3 Å². The van der Waals surface area contributed by atoms with Gasteiger partial charge in [-0.25, -0.2) is 0 Å². The molecule has 2 aromatic carbocycles. The van der Waals surface area contributed by atoms with Gasteiger partial charge in [-0.05, 0) is 53.9 Å². The summed E-state index contributed by atoms with van der Waals surface area (Å²) in [5.41, 5.74) is 3.05. The van der Waals surface area contributed by atoms with E-state index in [0.29, 0.717) is 17.1 Å². The van der Waals surface area contributed by atoms with Gasteiger partial charge in [0.15, 0.2) is 12.4 Å². The van der Waals surface area contributed by atoms with Crippen molar-refractivity contribution in [2.75, 3.05) is 0 Å². The zero-order valence-electron chi connectivity index (χ0n) is 13.3. The van der Waals surface area contributed by atoms with Crippen LogP contribution in [-0.2, 0) is 13.0 Å². The molecular formula is C20H16BrCl2NO. The van der Waals surface area contributed by atoms with Crippen LogP contribution in [0.5, 0.6) is 0 Å². The maximum Gasteiger partial charge on any atom is 0.227 e. The van der Waals surface area contributed by atoms with Gasteiger partial charge in [-0.2, -0.15) is 4.57 Å². The second-order valence-corrected chi connectivity index (χ2v) is 6.48. The van der Waals surface area contributed by atoms with Gasteiger partial charge in [0.05, 0.1) is 0 Å². The van der Waals surface area contributed by atoms with Crippen LogP contribution in [0.4, 0.5) is 0 Å². The number of ketones is 1. The fourth-order valence-electron chi connectivity index (χ4n) is 2.44. The van der Waals surface area contributed by atoms with Crippen molar-refractivity contribution >= 4 is 29.0 Å². The Kier molecular flexibility index (Phi) is 7.18. The molecule has 1 heterocycles. The van der Waals surface area contributed by atoms with Crippen LogP contribution in [0.2, 0.25) is 10.0 Å². The van der Waals surface area contributed by atoms with Crippen molar-refractivity contribution in [2.24, 2.45) is 0 Å². The monoisotopic (exact) mass is 435 g/mol. The molecule has 0 spiro atoms. The zero-order chi connectivity index (χ0) is 16.9.